The van der Waals surface area contributed by atoms with E-state index in [1.807, 2.05) is 6.92 Å². The minimum absolute atomic E-state index is 0.0192. The molecular weight excluding hydrogens is 290 g/mol. The van der Waals surface area contributed by atoms with Crippen molar-refractivity contribution in [2.45, 2.75) is 38.6 Å². The highest BCUT2D eigenvalue weighted by atomic mass is 16.8. The van der Waals surface area contributed by atoms with Crippen LogP contribution >= 0.6 is 0 Å². The number of anilines is 1. The third kappa shape index (κ3) is 2.90. The second-order valence-electron chi connectivity index (χ2n) is 5.03. The van der Waals surface area contributed by atoms with Crippen LogP contribution in [0.2, 0.25) is 0 Å². The van der Waals surface area contributed by atoms with Crippen LogP contribution in [0.3, 0.4) is 0 Å². The molecule has 120 valence electrons. The van der Waals surface area contributed by atoms with Gasteiger partial charge >= 0.3 is 0 Å². The first-order chi connectivity index (χ1) is 10.7. The van der Waals surface area contributed by atoms with Gasteiger partial charge in [-0.3, -0.25) is 0 Å². The summed E-state index contributed by atoms with van der Waals surface area (Å²) in [6.07, 6.45) is 3.11. The Hall–Kier alpha value is -2.13. The summed E-state index contributed by atoms with van der Waals surface area (Å²) in [5, 5.41) is 9.08. The van der Waals surface area contributed by atoms with Crippen LogP contribution in [0.15, 0.2) is 6.33 Å². The number of rotatable bonds is 6. The fourth-order valence-corrected chi connectivity index (χ4v) is 2.26. The lowest BCUT2D eigenvalue weighted by Gasteiger charge is -2.14. The number of hydrogen-bond donors (Lipinski definition) is 2. The number of aliphatic hydroxyl groups excluding tert-OH is 1. The van der Waals surface area contributed by atoms with Crippen LogP contribution in [0.4, 0.5) is 5.95 Å². The van der Waals surface area contributed by atoms with E-state index in [1.54, 1.807) is 0 Å². The van der Waals surface area contributed by atoms with Crippen LogP contribution < -0.4 is 15.3 Å². The lowest BCUT2D eigenvalue weighted by atomic mass is 10.2. The molecule has 2 atom stereocenters. The topological polar surface area (TPSA) is 118 Å². The van der Waals surface area contributed by atoms with Crippen molar-refractivity contribution in [3.8, 4) is 5.88 Å². The Labute approximate surface area is 127 Å². The normalized spacial score (nSPS) is 21.4. The molecule has 0 amide bonds. The van der Waals surface area contributed by atoms with Gasteiger partial charge in [-0.15, -0.1) is 4.73 Å². The van der Waals surface area contributed by atoms with Gasteiger partial charge in [-0.1, -0.05) is 6.92 Å². The molecule has 3 N–H and O–H groups in total. The average molecular weight is 309 g/mol. The van der Waals surface area contributed by atoms with E-state index in [1.165, 1.54) is 11.1 Å². The van der Waals surface area contributed by atoms with E-state index >= 15 is 0 Å². The summed E-state index contributed by atoms with van der Waals surface area (Å²) in [4.78, 5) is 18.1. The molecule has 22 heavy (non-hydrogen) atoms. The van der Waals surface area contributed by atoms with Gasteiger partial charge in [0.05, 0.1) is 19.3 Å². The van der Waals surface area contributed by atoms with E-state index in [0.717, 1.165) is 12.8 Å². The van der Waals surface area contributed by atoms with Gasteiger partial charge in [-0.25, -0.2) is 4.98 Å². The fourth-order valence-electron chi connectivity index (χ4n) is 2.26. The van der Waals surface area contributed by atoms with E-state index in [0.29, 0.717) is 30.1 Å². The van der Waals surface area contributed by atoms with Crippen LogP contribution in [0, 0.1) is 0 Å². The van der Waals surface area contributed by atoms with Gasteiger partial charge in [0.2, 0.25) is 23.8 Å². The maximum Gasteiger partial charge on any atom is 0.247 e. The zero-order valence-electron chi connectivity index (χ0n) is 12.3. The fraction of sp³-hybridized carbons (Fsp3) is 0.615. The number of nitrogens with two attached hydrogens (primary N) is 1. The Morgan fingerprint density at radius 3 is 3.05 bits per heavy atom. The van der Waals surface area contributed by atoms with Crippen molar-refractivity contribution in [2.24, 2.45) is 0 Å². The maximum atomic E-state index is 9.08. The van der Waals surface area contributed by atoms with Gasteiger partial charge < -0.3 is 25.2 Å². The zero-order valence-corrected chi connectivity index (χ0v) is 12.3. The highest BCUT2D eigenvalue weighted by Gasteiger charge is 2.27. The summed E-state index contributed by atoms with van der Waals surface area (Å²) in [5.74, 6) is 0.428. The minimum Gasteiger partial charge on any atom is -0.476 e. The predicted octanol–water partition coefficient (Wildman–Crippen LogP) is 0.123. The molecule has 3 rings (SSSR count). The molecule has 0 aromatic carbocycles. The number of aromatic nitrogens is 4. The van der Waals surface area contributed by atoms with Crippen molar-refractivity contribution in [3.63, 3.8) is 0 Å². The van der Waals surface area contributed by atoms with Crippen LogP contribution in [0.1, 0.15) is 26.2 Å². The molecule has 1 saturated heterocycles. The number of hydrogen-bond acceptors (Lipinski definition) is 8. The number of imidazole rings is 1. The first kappa shape index (κ1) is 14.8. The van der Waals surface area contributed by atoms with Crippen LogP contribution in [-0.2, 0) is 4.74 Å². The number of fused-ring (bicyclic) bond motifs is 1. The van der Waals surface area contributed by atoms with Gasteiger partial charge in [0.15, 0.2) is 5.52 Å². The molecule has 0 radical (unpaired) electrons. The molecule has 1 aliphatic rings. The molecule has 9 nitrogen and oxygen atoms in total. The first-order valence-corrected chi connectivity index (χ1v) is 7.28. The van der Waals surface area contributed by atoms with Crippen LogP contribution in [-0.4, -0.2) is 50.4 Å². The Bertz CT molecular complexity index is 647. The molecule has 0 saturated carbocycles. The highest BCUT2D eigenvalue weighted by molar-refractivity contribution is 5.77. The summed E-state index contributed by atoms with van der Waals surface area (Å²) >= 11 is 0. The smallest absolute Gasteiger partial charge is 0.247 e. The highest BCUT2D eigenvalue weighted by Crippen LogP contribution is 2.23. The molecule has 0 aliphatic carbocycles. The average Bonchev–Trinajstić information content (AvgIpc) is 3.12. The Morgan fingerprint density at radius 2 is 2.32 bits per heavy atom. The van der Waals surface area contributed by atoms with E-state index in [2.05, 4.69) is 15.0 Å². The monoisotopic (exact) mass is 309 g/mol. The molecule has 1 aliphatic heterocycles. The molecule has 3 heterocycles. The third-order valence-electron chi connectivity index (χ3n) is 3.30. The van der Waals surface area contributed by atoms with Gasteiger partial charge in [-0.2, -0.15) is 9.97 Å². The van der Waals surface area contributed by atoms with Gasteiger partial charge in [-0.05, 0) is 12.8 Å². The second-order valence-corrected chi connectivity index (χ2v) is 5.03. The summed E-state index contributed by atoms with van der Waals surface area (Å²) in [6.45, 7) is 2.50. The molecule has 2 aromatic heterocycles. The van der Waals surface area contributed by atoms with Gasteiger partial charge in [0, 0.05) is 6.42 Å². The van der Waals surface area contributed by atoms with E-state index < -0.39 is 6.29 Å². The Morgan fingerprint density at radius 1 is 1.45 bits per heavy atom. The molecule has 0 bridgehead atoms. The lowest BCUT2D eigenvalue weighted by molar-refractivity contribution is -0.140. The van der Waals surface area contributed by atoms with Crippen molar-refractivity contribution >= 4 is 17.1 Å². The molecule has 2 aromatic rings. The molecule has 9 heteroatoms. The quantitative estimate of drug-likeness (QED) is 0.772. The van der Waals surface area contributed by atoms with Crippen molar-refractivity contribution in [1.82, 2.24) is 19.7 Å². The van der Waals surface area contributed by atoms with Crippen molar-refractivity contribution < 1.29 is 19.4 Å². The number of ether oxygens (including phenoxy) is 2. The van der Waals surface area contributed by atoms with E-state index in [4.69, 9.17) is 25.2 Å². The molecule has 0 unspecified atom stereocenters. The lowest BCUT2D eigenvalue weighted by Crippen LogP contribution is -2.26. The van der Waals surface area contributed by atoms with Crippen LogP contribution in [0.25, 0.3) is 11.2 Å². The van der Waals surface area contributed by atoms with Crippen molar-refractivity contribution in [2.75, 3.05) is 18.9 Å². The zero-order chi connectivity index (χ0) is 15.5. The van der Waals surface area contributed by atoms with Crippen LogP contribution in [0.5, 0.6) is 5.88 Å². The molecular formula is C13H19N5O4. The number of nitrogens with zero attached hydrogens (tertiary/aromatic N) is 4. The molecule has 0 spiro atoms. The minimum atomic E-state index is -0.453. The van der Waals surface area contributed by atoms with E-state index in [9.17, 15) is 0 Å². The standard InChI is InChI=1S/C13H19N5O4/c1-2-5-20-12-10-11(16-13(14)17-12)18(7-15-10)22-9-4-3-8(6-19)21-9/h7-9,19H,2-6H2,1H3,(H2,14,16,17)/t8-,9+/m0/s1. The van der Waals surface area contributed by atoms with Gasteiger partial charge in [0.25, 0.3) is 0 Å². The Kier molecular flexibility index (Phi) is 4.25. The summed E-state index contributed by atoms with van der Waals surface area (Å²) < 4.78 is 12.5. The predicted molar refractivity (Wildman–Crippen MR) is 77.1 cm³/mol. The van der Waals surface area contributed by atoms with Crippen molar-refractivity contribution in [1.29, 1.82) is 0 Å². The largest absolute Gasteiger partial charge is 0.476 e. The first-order valence-electron chi connectivity index (χ1n) is 7.28. The third-order valence-corrected chi connectivity index (χ3v) is 3.30. The second kappa shape index (κ2) is 6.32. The summed E-state index contributed by atoms with van der Waals surface area (Å²) in [6, 6.07) is 0. The number of aliphatic hydroxyl groups is 1. The van der Waals surface area contributed by atoms with E-state index in [-0.39, 0.29) is 18.7 Å². The SMILES string of the molecule is CCCOc1nc(N)nc2c1ncn2O[C@@H]1CC[C@@H](CO)O1. The maximum absolute atomic E-state index is 9.08. The number of nitrogen functional groups attached to an aromatic ring is 1. The van der Waals surface area contributed by atoms with Crippen molar-refractivity contribution in [3.05, 3.63) is 6.33 Å². The molecule has 1 fully saturated rings. The summed E-state index contributed by atoms with van der Waals surface area (Å²) in [7, 11) is 0. The van der Waals surface area contributed by atoms with Gasteiger partial charge in [0.1, 0.15) is 6.33 Å². The Balaban J connectivity index is 1.83. The summed E-state index contributed by atoms with van der Waals surface area (Å²) in [5.41, 5.74) is 6.62.